The largest absolute Gasteiger partial charge is 0.495 e. The minimum atomic E-state index is -0.197. The molecule has 1 rings (SSSR count). The number of rotatable bonds is 4. The Kier molecular flexibility index (Phi) is 4.82. The van der Waals surface area contributed by atoms with Crippen molar-refractivity contribution in [1.82, 2.24) is 5.32 Å². The van der Waals surface area contributed by atoms with Gasteiger partial charge in [0.1, 0.15) is 5.75 Å². The minimum Gasteiger partial charge on any atom is -0.495 e. The van der Waals surface area contributed by atoms with Gasteiger partial charge in [0.2, 0.25) is 0 Å². The summed E-state index contributed by atoms with van der Waals surface area (Å²) in [6.45, 7) is 6.62. The van der Waals surface area contributed by atoms with Crippen molar-refractivity contribution in [3.05, 3.63) is 23.3 Å². The average Bonchev–Trinajstić information content (AvgIpc) is 2.29. The fourth-order valence-electron chi connectivity index (χ4n) is 1.65. The van der Waals surface area contributed by atoms with Gasteiger partial charge in [0.25, 0.3) is 0 Å². The molecule has 0 saturated heterocycles. The van der Waals surface area contributed by atoms with E-state index >= 15 is 0 Å². The molecule has 4 heteroatoms. The van der Waals surface area contributed by atoms with Gasteiger partial charge in [-0.3, -0.25) is 0 Å². The molecule has 0 fully saturated rings. The Balaban J connectivity index is 2.86. The molecular weight excluding hydrogens is 216 g/mol. The molecule has 0 saturated carbocycles. The molecule has 2 N–H and O–H groups in total. The number of ether oxygens (including phenoxy) is 1. The molecule has 0 heterocycles. The highest BCUT2D eigenvalue weighted by Crippen LogP contribution is 2.29. The normalized spacial score (nSPS) is 9.88. The number of hydrogen-bond donors (Lipinski definition) is 2. The molecule has 1 aromatic carbocycles. The summed E-state index contributed by atoms with van der Waals surface area (Å²) in [6, 6.07) is 3.72. The number of methoxy groups -OCH3 is 1. The van der Waals surface area contributed by atoms with Crippen LogP contribution in [0.2, 0.25) is 0 Å². The van der Waals surface area contributed by atoms with Gasteiger partial charge in [0.05, 0.1) is 12.8 Å². The van der Waals surface area contributed by atoms with Crippen LogP contribution < -0.4 is 15.4 Å². The predicted molar refractivity (Wildman–Crippen MR) is 69.8 cm³/mol. The summed E-state index contributed by atoms with van der Waals surface area (Å²) in [4.78, 5) is 11.6. The number of nitrogens with one attached hydrogen (secondary N) is 2. The van der Waals surface area contributed by atoms with E-state index in [9.17, 15) is 4.79 Å². The number of carbonyl (C=O) groups is 1. The number of benzene rings is 1. The smallest absolute Gasteiger partial charge is 0.319 e. The molecule has 17 heavy (non-hydrogen) atoms. The lowest BCUT2D eigenvalue weighted by atomic mass is 10.1. The van der Waals surface area contributed by atoms with E-state index in [0.29, 0.717) is 12.3 Å². The molecule has 0 aliphatic heterocycles. The van der Waals surface area contributed by atoms with E-state index in [0.717, 1.165) is 23.2 Å². The van der Waals surface area contributed by atoms with Crippen LogP contribution in [0, 0.1) is 13.8 Å². The van der Waals surface area contributed by atoms with E-state index in [1.165, 1.54) is 0 Å². The lowest BCUT2D eigenvalue weighted by Gasteiger charge is -2.14. The molecule has 0 spiro atoms. The highest BCUT2D eigenvalue weighted by Gasteiger charge is 2.10. The topological polar surface area (TPSA) is 50.4 Å². The Morgan fingerprint density at radius 3 is 2.65 bits per heavy atom. The van der Waals surface area contributed by atoms with Crippen LogP contribution in [0.25, 0.3) is 0 Å². The minimum absolute atomic E-state index is 0.197. The first-order valence-electron chi connectivity index (χ1n) is 5.78. The Bertz CT molecular complexity index is 403. The number of hydrogen-bond acceptors (Lipinski definition) is 2. The lowest BCUT2D eigenvalue weighted by Crippen LogP contribution is -2.29. The summed E-state index contributed by atoms with van der Waals surface area (Å²) in [5.74, 6) is 0.689. The Morgan fingerprint density at radius 2 is 2.06 bits per heavy atom. The van der Waals surface area contributed by atoms with Crippen molar-refractivity contribution < 1.29 is 9.53 Å². The van der Waals surface area contributed by atoms with Gasteiger partial charge in [-0.15, -0.1) is 0 Å². The zero-order valence-electron chi connectivity index (χ0n) is 10.9. The molecule has 0 radical (unpaired) electrons. The van der Waals surface area contributed by atoms with Crippen LogP contribution in [0.15, 0.2) is 12.1 Å². The van der Waals surface area contributed by atoms with Gasteiger partial charge in [-0.05, 0) is 37.5 Å². The number of aryl methyl sites for hydroxylation is 2. The molecule has 0 aliphatic carbocycles. The second-order valence-electron chi connectivity index (χ2n) is 4.04. The van der Waals surface area contributed by atoms with Crippen LogP contribution in [0.1, 0.15) is 24.5 Å². The highest BCUT2D eigenvalue weighted by molar-refractivity contribution is 5.92. The van der Waals surface area contributed by atoms with Gasteiger partial charge in [-0.2, -0.15) is 0 Å². The van der Waals surface area contributed by atoms with E-state index in [1.807, 2.05) is 32.9 Å². The fourth-order valence-corrected chi connectivity index (χ4v) is 1.65. The van der Waals surface area contributed by atoms with E-state index < -0.39 is 0 Å². The third kappa shape index (κ3) is 3.66. The summed E-state index contributed by atoms with van der Waals surface area (Å²) >= 11 is 0. The summed E-state index contributed by atoms with van der Waals surface area (Å²) in [5.41, 5.74) is 2.83. The summed E-state index contributed by atoms with van der Waals surface area (Å²) < 4.78 is 5.27. The first-order chi connectivity index (χ1) is 8.08. The molecular formula is C13H20N2O2. The maximum absolute atomic E-state index is 11.6. The van der Waals surface area contributed by atoms with Crippen molar-refractivity contribution in [2.75, 3.05) is 19.0 Å². The van der Waals surface area contributed by atoms with Crippen LogP contribution in [-0.4, -0.2) is 19.7 Å². The van der Waals surface area contributed by atoms with Crippen molar-refractivity contribution in [3.8, 4) is 5.75 Å². The second-order valence-corrected chi connectivity index (χ2v) is 4.04. The van der Waals surface area contributed by atoms with Crippen molar-refractivity contribution in [1.29, 1.82) is 0 Å². The second kappa shape index (κ2) is 6.13. The number of carbonyl (C=O) groups excluding carboxylic acids is 1. The summed E-state index contributed by atoms with van der Waals surface area (Å²) in [5, 5.41) is 5.59. The predicted octanol–water partition coefficient (Wildman–Crippen LogP) is 2.84. The lowest BCUT2D eigenvalue weighted by molar-refractivity contribution is 0.252. The van der Waals surface area contributed by atoms with Crippen molar-refractivity contribution in [3.63, 3.8) is 0 Å². The zero-order chi connectivity index (χ0) is 12.8. The van der Waals surface area contributed by atoms with Crippen molar-refractivity contribution in [2.24, 2.45) is 0 Å². The molecule has 94 valence electrons. The van der Waals surface area contributed by atoms with Crippen LogP contribution in [0.4, 0.5) is 10.5 Å². The van der Waals surface area contributed by atoms with Crippen molar-refractivity contribution in [2.45, 2.75) is 27.2 Å². The van der Waals surface area contributed by atoms with Crippen LogP contribution >= 0.6 is 0 Å². The first kappa shape index (κ1) is 13.4. The van der Waals surface area contributed by atoms with Gasteiger partial charge < -0.3 is 15.4 Å². The van der Waals surface area contributed by atoms with Gasteiger partial charge in [0.15, 0.2) is 0 Å². The van der Waals surface area contributed by atoms with Gasteiger partial charge in [-0.25, -0.2) is 4.79 Å². The zero-order valence-corrected chi connectivity index (χ0v) is 10.9. The summed E-state index contributed by atoms with van der Waals surface area (Å²) in [7, 11) is 1.60. The quantitative estimate of drug-likeness (QED) is 0.844. The van der Waals surface area contributed by atoms with Gasteiger partial charge >= 0.3 is 6.03 Å². The number of amides is 2. The highest BCUT2D eigenvalue weighted by atomic mass is 16.5. The van der Waals surface area contributed by atoms with Crippen LogP contribution in [-0.2, 0) is 0 Å². The fraction of sp³-hybridized carbons (Fsp3) is 0.462. The van der Waals surface area contributed by atoms with Gasteiger partial charge in [-0.1, -0.05) is 13.0 Å². The maximum atomic E-state index is 11.6. The molecule has 0 aliphatic rings. The standard InChI is InChI=1S/C13H20N2O2/c1-5-6-14-13(16)15-12-10(3)7-9(2)8-11(12)17-4/h7-8H,5-6H2,1-4H3,(H2,14,15,16). The Hall–Kier alpha value is -1.71. The molecule has 0 aromatic heterocycles. The molecule has 1 aromatic rings. The van der Waals surface area contributed by atoms with E-state index in [2.05, 4.69) is 10.6 Å². The van der Waals surface area contributed by atoms with E-state index in [-0.39, 0.29) is 6.03 Å². The van der Waals surface area contributed by atoms with Crippen LogP contribution in [0.5, 0.6) is 5.75 Å². The van der Waals surface area contributed by atoms with Gasteiger partial charge in [0, 0.05) is 6.54 Å². The van der Waals surface area contributed by atoms with E-state index in [1.54, 1.807) is 7.11 Å². The molecule has 0 atom stereocenters. The molecule has 4 nitrogen and oxygen atoms in total. The van der Waals surface area contributed by atoms with Crippen molar-refractivity contribution >= 4 is 11.7 Å². The Morgan fingerprint density at radius 1 is 1.35 bits per heavy atom. The molecule has 2 amide bonds. The molecule has 0 unspecified atom stereocenters. The third-order valence-electron chi connectivity index (χ3n) is 2.44. The summed E-state index contributed by atoms with van der Waals surface area (Å²) in [6.07, 6.45) is 0.914. The first-order valence-corrected chi connectivity index (χ1v) is 5.78. The monoisotopic (exact) mass is 236 g/mol. The van der Waals surface area contributed by atoms with Crippen LogP contribution in [0.3, 0.4) is 0 Å². The Labute approximate surface area is 102 Å². The SMILES string of the molecule is CCCNC(=O)Nc1c(C)cc(C)cc1OC. The third-order valence-corrected chi connectivity index (χ3v) is 2.44. The average molecular weight is 236 g/mol. The molecule has 0 bridgehead atoms. The number of anilines is 1. The number of urea groups is 1. The maximum Gasteiger partial charge on any atom is 0.319 e. The van der Waals surface area contributed by atoms with E-state index in [4.69, 9.17) is 4.74 Å².